The Morgan fingerprint density at radius 1 is 1.27 bits per heavy atom. The van der Waals surface area contributed by atoms with Gasteiger partial charge in [0, 0.05) is 18.7 Å². The number of aliphatic imine (C=N–C) groups is 1. The molecule has 0 amide bonds. The van der Waals surface area contributed by atoms with Gasteiger partial charge in [-0.05, 0) is 48.9 Å². The molecule has 0 saturated heterocycles. The van der Waals surface area contributed by atoms with Crippen molar-refractivity contribution in [1.29, 1.82) is 0 Å². The molecular weight excluding hydrogens is 292 g/mol. The van der Waals surface area contributed by atoms with Crippen molar-refractivity contribution in [2.45, 2.75) is 26.2 Å². The van der Waals surface area contributed by atoms with E-state index in [1.807, 2.05) is 23.6 Å². The second kappa shape index (κ2) is 6.88. The quantitative estimate of drug-likeness (QED) is 0.787. The lowest BCUT2D eigenvalue weighted by Crippen LogP contribution is -2.37. The lowest BCUT2D eigenvalue weighted by Gasteiger charge is -2.28. The van der Waals surface area contributed by atoms with Crippen LogP contribution in [0.1, 0.15) is 34.5 Å². The summed E-state index contributed by atoms with van der Waals surface area (Å²) in [6.07, 6.45) is 3.24. The second-order valence-corrected chi connectivity index (χ2v) is 6.53. The number of carbonyl (C=O) groups is 1. The van der Waals surface area contributed by atoms with Crippen molar-refractivity contribution in [3.8, 4) is 0 Å². The highest BCUT2D eigenvalue weighted by Crippen LogP contribution is 2.22. The number of rotatable bonds is 4. The maximum Gasteiger partial charge on any atom is 0.192 e. The van der Waals surface area contributed by atoms with Gasteiger partial charge < -0.3 is 4.90 Å². The number of anilines is 1. The standard InChI is InChI=1S/C18H20N2OS/c1-14-6-4-7-15(12-14)20(18-9-2-3-10-19-18)13-16(21)17-8-5-11-22-17/h4-8,11-12H,2-3,9-10,13H2,1H3. The Kier molecular flexibility index (Phi) is 4.68. The Morgan fingerprint density at radius 3 is 2.86 bits per heavy atom. The Bertz CT molecular complexity index is 676. The maximum absolute atomic E-state index is 12.5. The van der Waals surface area contributed by atoms with Gasteiger partial charge in [0.1, 0.15) is 5.84 Å². The fraction of sp³-hybridized carbons (Fsp3) is 0.333. The lowest BCUT2D eigenvalue weighted by atomic mass is 10.1. The van der Waals surface area contributed by atoms with Gasteiger partial charge in [-0.1, -0.05) is 18.2 Å². The zero-order valence-corrected chi connectivity index (χ0v) is 13.6. The van der Waals surface area contributed by atoms with Crippen molar-refractivity contribution >= 4 is 28.6 Å². The maximum atomic E-state index is 12.5. The molecule has 0 N–H and O–H groups in total. The highest BCUT2D eigenvalue weighted by molar-refractivity contribution is 7.12. The highest BCUT2D eigenvalue weighted by atomic mass is 32.1. The van der Waals surface area contributed by atoms with Crippen molar-refractivity contribution in [2.75, 3.05) is 18.0 Å². The normalized spacial score (nSPS) is 14.5. The van der Waals surface area contributed by atoms with Crippen molar-refractivity contribution in [1.82, 2.24) is 0 Å². The molecule has 1 aromatic heterocycles. The predicted molar refractivity (Wildman–Crippen MR) is 93.3 cm³/mol. The van der Waals surface area contributed by atoms with Crippen molar-refractivity contribution < 1.29 is 4.79 Å². The van der Waals surface area contributed by atoms with Crippen LogP contribution in [0.4, 0.5) is 5.69 Å². The van der Waals surface area contributed by atoms with Crippen LogP contribution >= 0.6 is 11.3 Å². The third-order valence-corrected chi connectivity index (χ3v) is 4.74. The minimum atomic E-state index is 0.157. The van der Waals surface area contributed by atoms with E-state index < -0.39 is 0 Å². The van der Waals surface area contributed by atoms with Crippen molar-refractivity contribution in [2.24, 2.45) is 4.99 Å². The van der Waals surface area contributed by atoms with Gasteiger partial charge in [-0.3, -0.25) is 9.79 Å². The van der Waals surface area contributed by atoms with E-state index in [0.717, 1.165) is 42.2 Å². The summed E-state index contributed by atoms with van der Waals surface area (Å²) in [4.78, 5) is 20.1. The molecule has 22 heavy (non-hydrogen) atoms. The number of hydrogen-bond acceptors (Lipinski definition) is 4. The Hall–Kier alpha value is -1.94. The van der Waals surface area contributed by atoms with Crippen LogP contribution < -0.4 is 4.90 Å². The van der Waals surface area contributed by atoms with Gasteiger partial charge in [0.15, 0.2) is 5.78 Å². The first-order chi connectivity index (χ1) is 10.7. The number of thiophene rings is 1. The van der Waals surface area contributed by atoms with Crippen LogP contribution in [0, 0.1) is 6.92 Å². The summed E-state index contributed by atoms with van der Waals surface area (Å²) >= 11 is 1.50. The summed E-state index contributed by atoms with van der Waals surface area (Å²) in [6, 6.07) is 12.1. The Morgan fingerprint density at radius 2 is 2.18 bits per heavy atom. The molecule has 1 aliphatic heterocycles. The molecule has 0 unspecified atom stereocenters. The number of Topliss-reactive ketones (excluding diaryl/α,β-unsaturated/α-hetero) is 1. The molecule has 114 valence electrons. The zero-order valence-electron chi connectivity index (χ0n) is 12.8. The third-order valence-electron chi connectivity index (χ3n) is 3.83. The molecule has 4 heteroatoms. The van der Waals surface area contributed by atoms with E-state index in [2.05, 4.69) is 35.0 Å². The first kappa shape index (κ1) is 15.0. The first-order valence-electron chi connectivity index (χ1n) is 7.68. The number of aryl methyl sites for hydroxylation is 1. The molecule has 0 saturated carbocycles. The molecule has 0 bridgehead atoms. The van der Waals surface area contributed by atoms with Crippen LogP contribution in [0.15, 0.2) is 46.8 Å². The average molecular weight is 312 g/mol. The molecule has 1 aromatic carbocycles. The van der Waals surface area contributed by atoms with E-state index in [9.17, 15) is 4.79 Å². The minimum Gasteiger partial charge on any atom is -0.322 e. The fourth-order valence-electron chi connectivity index (χ4n) is 2.69. The molecule has 2 aromatic rings. The van der Waals surface area contributed by atoms with E-state index in [4.69, 9.17) is 0 Å². The summed E-state index contributed by atoms with van der Waals surface area (Å²) in [5, 5.41) is 1.95. The highest BCUT2D eigenvalue weighted by Gasteiger charge is 2.20. The van der Waals surface area contributed by atoms with Gasteiger partial charge in [0.2, 0.25) is 0 Å². The van der Waals surface area contributed by atoms with Crippen LogP contribution in [0.2, 0.25) is 0 Å². The number of hydrogen-bond donors (Lipinski definition) is 0. The molecular formula is C18H20N2OS. The van der Waals surface area contributed by atoms with Gasteiger partial charge in [-0.25, -0.2) is 0 Å². The van der Waals surface area contributed by atoms with Gasteiger partial charge >= 0.3 is 0 Å². The smallest absolute Gasteiger partial charge is 0.192 e. The molecule has 3 nitrogen and oxygen atoms in total. The van der Waals surface area contributed by atoms with E-state index in [1.165, 1.54) is 16.9 Å². The van der Waals surface area contributed by atoms with E-state index >= 15 is 0 Å². The molecule has 0 fully saturated rings. The monoisotopic (exact) mass is 312 g/mol. The zero-order chi connectivity index (χ0) is 15.4. The second-order valence-electron chi connectivity index (χ2n) is 5.58. The number of carbonyl (C=O) groups excluding carboxylic acids is 1. The average Bonchev–Trinajstić information content (AvgIpc) is 3.08. The number of ketones is 1. The van der Waals surface area contributed by atoms with Crippen molar-refractivity contribution in [3.63, 3.8) is 0 Å². The fourth-order valence-corrected chi connectivity index (χ4v) is 3.35. The summed E-state index contributed by atoms with van der Waals surface area (Å²) < 4.78 is 0. The summed E-state index contributed by atoms with van der Waals surface area (Å²) in [5.41, 5.74) is 2.26. The number of amidine groups is 1. The van der Waals surface area contributed by atoms with Crippen LogP contribution in [-0.2, 0) is 0 Å². The van der Waals surface area contributed by atoms with Crippen LogP contribution in [0.5, 0.6) is 0 Å². The third kappa shape index (κ3) is 3.45. The van der Waals surface area contributed by atoms with Gasteiger partial charge in [0.05, 0.1) is 11.4 Å². The predicted octanol–water partition coefficient (Wildman–Crippen LogP) is 4.33. The largest absolute Gasteiger partial charge is 0.322 e. The minimum absolute atomic E-state index is 0.157. The number of benzene rings is 1. The van der Waals surface area contributed by atoms with E-state index in [1.54, 1.807) is 0 Å². The summed E-state index contributed by atoms with van der Waals surface area (Å²) in [7, 11) is 0. The van der Waals surface area contributed by atoms with Gasteiger partial charge in [-0.2, -0.15) is 0 Å². The number of nitrogens with zero attached hydrogens (tertiary/aromatic N) is 2. The lowest BCUT2D eigenvalue weighted by molar-refractivity contribution is 0.101. The molecule has 0 atom stereocenters. The van der Waals surface area contributed by atoms with Gasteiger partial charge in [0.25, 0.3) is 0 Å². The van der Waals surface area contributed by atoms with Crippen LogP contribution in [0.3, 0.4) is 0 Å². The molecule has 0 spiro atoms. The van der Waals surface area contributed by atoms with E-state index in [-0.39, 0.29) is 5.78 Å². The molecule has 2 heterocycles. The Balaban J connectivity index is 1.89. The topological polar surface area (TPSA) is 32.7 Å². The molecule has 0 radical (unpaired) electrons. The molecule has 0 aliphatic carbocycles. The van der Waals surface area contributed by atoms with E-state index in [0.29, 0.717) is 6.54 Å². The molecule has 1 aliphatic rings. The van der Waals surface area contributed by atoms with Crippen LogP contribution in [-0.4, -0.2) is 24.7 Å². The van der Waals surface area contributed by atoms with Crippen LogP contribution in [0.25, 0.3) is 0 Å². The SMILES string of the molecule is Cc1cccc(N(CC(=O)c2cccs2)C2=NCCCC2)c1. The summed E-state index contributed by atoms with van der Waals surface area (Å²) in [6.45, 7) is 3.30. The molecule has 3 rings (SSSR count). The Labute approximate surface area is 135 Å². The van der Waals surface area contributed by atoms with Gasteiger partial charge in [-0.15, -0.1) is 11.3 Å². The van der Waals surface area contributed by atoms with Crippen molar-refractivity contribution in [3.05, 3.63) is 52.2 Å². The first-order valence-corrected chi connectivity index (χ1v) is 8.56. The summed E-state index contributed by atoms with van der Waals surface area (Å²) in [5.74, 6) is 1.20.